The van der Waals surface area contributed by atoms with Crippen LogP contribution in [0.1, 0.15) is 12.8 Å². The molecule has 19 heavy (non-hydrogen) atoms. The van der Waals surface area contributed by atoms with Gasteiger partial charge >= 0.3 is 0 Å². The number of rotatable bonds is 5. The minimum atomic E-state index is 0.215. The summed E-state index contributed by atoms with van der Waals surface area (Å²) in [5.41, 5.74) is 0. The summed E-state index contributed by atoms with van der Waals surface area (Å²) >= 11 is 1.72. The number of likely N-dealkylation sites (N-methyl/N-ethyl adjacent to an activating group) is 1. The molecule has 2 N–H and O–H groups in total. The number of nitrogens with zero attached hydrogens (tertiary/aromatic N) is 2. The number of thioether (sulfide) groups is 1. The first-order valence-electron chi connectivity index (χ1n) is 6.39. The molecule has 0 aromatic rings. The lowest BCUT2D eigenvalue weighted by Crippen LogP contribution is -2.51. The Bertz CT molecular complexity index is 364. The molecule has 1 heterocycles. The fraction of sp³-hybridized carbons (Fsp3) is 0.692. The van der Waals surface area contributed by atoms with Crippen molar-refractivity contribution in [3.63, 3.8) is 0 Å². The Balaban J connectivity index is 2.25. The molecular weight excluding hydrogens is 260 g/mol. The van der Waals surface area contributed by atoms with Crippen molar-refractivity contribution in [2.24, 2.45) is 4.99 Å². The van der Waals surface area contributed by atoms with Crippen molar-refractivity contribution in [2.75, 3.05) is 38.7 Å². The number of carbonyl (C=O) groups is 1. The van der Waals surface area contributed by atoms with Gasteiger partial charge in [-0.05, 0) is 6.42 Å². The molecule has 1 aliphatic heterocycles. The third-order valence-corrected chi connectivity index (χ3v) is 3.78. The number of aliphatic imine (C=N–C) groups is 1. The summed E-state index contributed by atoms with van der Waals surface area (Å²) in [6, 6.07) is 0.271. The molecule has 0 saturated carbocycles. The van der Waals surface area contributed by atoms with Crippen molar-refractivity contribution in [1.29, 1.82) is 0 Å². The van der Waals surface area contributed by atoms with E-state index in [1.165, 1.54) is 0 Å². The molecule has 0 radical (unpaired) electrons. The summed E-state index contributed by atoms with van der Waals surface area (Å²) in [5, 5.41) is 6.59. The molecule has 0 spiro atoms. The maximum Gasteiger partial charge on any atom is 0.222 e. The maximum absolute atomic E-state index is 11.4. The number of hydrogen-bond acceptors (Lipinski definition) is 3. The minimum absolute atomic E-state index is 0.215. The zero-order chi connectivity index (χ0) is 14.1. The second-order valence-electron chi connectivity index (χ2n) is 4.41. The van der Waals surface area contributed by atoms with Gasteiger partial charge in [0.15, 0.2) is 5.96 Å². The van der Waals surface area contributed by atoms with Crippen LogP contribution in [0, 0.1) is 12.3 Å². The lowest BCUT2D eigenvalue weighted by Gasteiger charge is -2.31. The number of amides is 1. The highest BCUT2D eigenvalue weighted by Gasteiger charge is 2.23. The van der Waals surface area contributed by atoms with E-state index in [0.717, 1.165) is 37.0 Å². The molecule has 1 fully saturated rings. The summed E-state index contributed by atoms with van der Waals surface area (Å²) in [6.45, 7) is 1.55. The monoisotopic (exact) mass is 282 g/mol. The van der Waals surface area contributed by atoms with Gasteiger partial charge in [-0.15, -0.1) is 18.2 Å². The van der Waals surface area contributed by atoms with E-state index >= 15 is 0 Å². The van der Waals surface area contributed by atoms with Crippen LogP contribution in [-0.2, 0) is 4.79 Å². The molecule has 1 aliphatic rings. The van der Waals surface area contributed by atoms with Crippen molar-refractivity contribution in [1.82, 2.24) is 15.5 Å². The van der Waals surface area contributed by atoms with Crippen molar-refractivity contribution in [3.8, 4) is 12.3 Å². The fourth-order valence-corrected chi connectivity index (χ4v) is 2.40. The van der Waals surface area contributed by atoms with Crippen molar-refractivity contribution in [3.05, 3.63) is 0 Å². The SMILES string of the molecule is C#CCSCCNC(=NC)NC1CCC(=O)N(C)C1. The van der Waals surface area contributed by atoms with Gasteiger partial charge < -0.3 is 15.5 Å². The molecule has 1 atom stereocenters. The van der Waals surface area contributed by atoms with E-state index < -0.39 is 0 Å². The Hall–Kier alpha value is -1.35. The number of likely N-dealkylation sites (tertiary alicyclic amines) is 1. The molecule has 1 saturated heterocycles. The zero-order valence-corrected chi connectivity index (χ0v) is 12.4. The highest BCUT2D eigenvalue weighted by Crippen LogP contribution is 2.09. The molecule has 5 nitrogen and oxygen atoms in total. The number of carbonyl (C=O) groups excluding carboxylic acids is 1. The number of piperidine rings is 1. The molecule has 106 valence electrons. The Labute approximate surface area is 119 Å². The van der Waals surface area contributed by atoms with Gasteiger partial charge in [0.25, 0.3) is 0 Å². The summed E-state index contributed by atoms with van der Waals surface area (Å²) in [6.07, 6.45) is 6.64. The lowest BCUT2D eigenvalue weighted by atomic mass is 10.1. The maximum atomic E-state index is 11.4. The van der Waals surface area contributed by atoms with Gasteiger partial charge in [0.05, 0.1) is 5.75 Å². The second kappa shape index (κ2) is 8.70. The van der Waals surface area contributed by atoms with E-state index in [-0.39, 0.29) is 11.9 Å². The van der Waals surface area contributed by atoms with Gasteiger partial charge in [0.2, 0.25) is 5.91 Å². The van der Waals surface area contributed by atoms with Gasteiger partial charge in [-0.25, -0.2) is 0 Å². The summed E-state index contributed by atoms with van der Waals surface area (Å²) in [5.74, 6) is 5.29. The van der Waals surface area contributed by atoms with Crippen LogP contribution in [-0.4, -0.2) is 61.5 Å². The Morgan fingerprint density at radius 2 is 2.47 bits per heavy atom. The van der Waals surface area contributed by atoms with Gasteiger partial charge in [-0.2, -0.15) is 0 Å². The van der Waals surface area contributed by atoms with Gasteiger partial charge in [-0.1, -0.05) is 5.92 Å². The molecule has 0 aliphatic carbocycles. The number of guanidine groups is 1. The van der Waals surface area contributed by atoms with Crippen LogP contribution in [0.2, 0.25) is 0 Å². The largest absolute Gasteiger partial charge is 0.356 e. The minimum Gasteiger partial charge on any atom is -0.356 e. The smallest absolute Gasteiger partial charge is 0.222 e. The summed E-state index contributed by atoms with van der Waals surface area (Å²) in [7, 11) is 3.59. The van der Waals surface area contributed by atoms with Crippen molar-refractivity contribution in [2.45, 2.75) is 18.9 Å². The predicted molar refractivity (Wildman–Crippen MR) is 81.3 cm³/mol. The van der Waals surface area contributed by atoms with Crippen LogP contribution in [0.15, 0.2) is 4.99 Å². The average molecular weight is 282 g/mol. The first-order valence-corrected chi connectivity index (χ1v) is 7.55. The van der Waals surface area contributed by atoms with Crippen LogP contribution >= 0.6 is 11.8 Å². The second-order valence-corrected chi connectivity index (χ2v) is 5.52. The number of hydrogen-bond donors (Lipinski definition) is 2. The third kappa shape index (κ3) is 5.88. The topological polar surface area (TPSA) is 56.7 Å². The molecule has 6 heteroatoms. The van der Waals surface area contributed by atoms with Crippen LogP contribution in [0.25, 0.3) is 0 Å². The van der Waals surface area contributed by atoms with Gasteiger partial charge in [0, 0.05) is 45.4 Å². The van der Waals surface area contributed by atoms with E-state index in [9.17, 15) is 4.79 Å². The van der Waals surface area contributed by atoms with Crippen molar-refractivity contribution >= 4 is 23.6 Å². The first kappa shape index (κ1) is 15.7. The Kier molecular flexibility index (Phi) is 7.19. The lowest BCUT2D eigenvalue weighted by molar-refractivity contribution is -0.132. The standard InChI is InChI=1S/C13H22N4OS/c1-4-8-19-9-7-15-13(14-2)16-11-5-6-12(18)17(3)10-11/h1,11H,5-10H2,2-3H3,(H2,14,15,16). The highest BCUT2D eigenvalue weighted by molar-refractivity contribution is 7.99. The van der Waals surface area contributed by atoms with E-state index in [1.54, 1.807) is 23.7 Å². The van der Waals surface area contributed by atoms with E-state index in [1.807, 2.05) is 7.05 Å². The molecule has 0 bridgehead atoms. The van der Waals surface area contributed by atoms with Gasteiger partial charge in [0.1, 0.15) is 0 Å². The predicted octanol–water partition coefficient (Wildman–Crippen LogP) is 0.139. The quantitative estimate of drug-likeness (QED) is 0.326. The van der Waals surface area contributed by atoms with Crippen LogP contribution < -0.4 is 10.6 Å². The summed E-state index contributed by atoms with van der Waals surface area (Å²) < 4.78 is 0. The van der Waals surface area contributed by atoms with E-state index in [4.69, 9.17) is 6.42 Å². The summed E-state index contributed by atoms with van der Waals surface area (Å²) in [4.78, 5) is 17.3. The molecule has 1 amide bonds. The normalized spacial score (nSPS) is 20.1. The highest BCUT2D eigenvalue weighted by atomic mass is 32.2. The molecular formula is C13H22N4OS. The molecule has 0 aromatic carbocycles. The third-order valence-electron chi connectivity index (χ3n) is 2.92. The zero-order valence-electron chi connectivity index (χ0n) is 11.6. The van der Waals surface area contributed by atoms with Crippen molar-refractivity contribution < 1.29 is 4.79 Å². The average Bonchev–Trinajstić information content (AvgIpc) is 2.41. The number of nitrogens with one attached hydrogen (secondary N) is 2. The van der Waals surface area contributed by atoms with Crippen LogP contribution in [0.4, 0.5) is 0 Å². The molecule has 0 aromatic heterocycles. The fourth-order valence-electron chi connectivity index (χ4n) is 1.89. The Morgan fingerprint density at radius 1 is 1.68 bits per heavy atom. The molecule has 1 unspecified atom stereocenters. The first-order chi connectivity index (χ1) is 9.17. The van der Waals surface area contributed by atoms with Crippen LogP contribution in [0.3, 0.4) is 0 Å². The van der Waals surface area contributed by atoms with E-state index in [0.29, 0.717) is 6.42 Å². The Morgan fingerprint density at radius 3 is 3.11 bits per heavy atom. The van der Waals surface area contributed by atoms with E-state index in [2.05, 4.69) is 21.5 Å². The van der Waals surface area contributed by atoms with Crippen LogP contribution in [0.5, 0.6) is 0 Å². The van der Waals surface area contributed by atoms with Gasteiger partial charge in [-0.3, -0.25) is 9.79 Å². The number of terminal acetylenes is 1. The molecule has 1 rings (SSSR count).